The minimum absolute atomic E-state index is 0.00112. The molecule has 0 aliphatic carbocycles. The summed E-state index contributed by atoms with van der Waals surface area (Å²) in [6.07, 6.45) is 0. The van der Waals surface area contributed by atoms with Gasteiger partial charge in [0.25, 0.3) is 0 Å². The number of thioether (sulfide) groups is 1. The van der Waals surface area contributed by atoms with Crippen LogP contribution in [-0.4, -0.2) is 78.2 Å². The number of carbonyl (C=O) groups excluding carboxylic acids is 1. The summed E-state index contributed by atoms with van der Waals surface area (Å²) in [5.41, 5.74) is 1.49. The van der Waals surface area contributed by atoms with Crippen LogP contribution < -0.4 is 4.90 Å². The summed E-state index contributed by atoms with van der Waals surface area (Å²) >= 11 is 1.33. The van der Waals surface area contributed by atoms with Crippen LogP contribution in [0.15, 0.2) is 59.8 Å². The highest BCUT2D eigenvalue weighted by Gasteiger charge is 2.31. The molecule has 1 aromatic heterocycles. The van der Waals surface area contributed by atoms with Gasteiger partial charge >= 0.3 is 0 Å². The first-order valence-electron chi connectivity index (χ1n) is 11.3. The molecule has 0 radical (unpaired) electrons. The maximum atomic E-state index is 14.2. The van der Waals surface area contributed by atoms with Crippen molar-refractivity contribution in [3.05, 3.63) is 66.0 Å². The van der Waals surface area contributed by atoms with Crippen LogP contribution in [-0.2, 0) is 14.3 Å². The molecule has 0 saturated carbocycles. The van der Waals surface area contributed by atoms with Crippen molar-refractivity contribution >= 4 is 23.6 Å². The first-order valence-corrected chi connectivity index (χ1v) is 12.2. The predicted molar refractivity (Wildman–Crippen MR) is 127 cm³/mol. The quantitative estimate of drug-likeness (QED) is 0.499. The molecule has 2 aliphatic rings. The highest BCUT2D eigenvalue weighted by molar-refractivity contribution is 8.00. The minimum atomic E-state index is -0.520. The van der Waals surface area contributed by atoms with E-state index >= 15 is 0 Å². The van der Waals surface area contributed by atoms with Gasteiger partial charge in [-0.2, -0.15) is 0 Å². The summed E-state index contributed by atoms with van der Waals surface area (Å²) in [5.74, 6) is 0.266. The molecule has 8 nitrogen and oxygen atoms in total. The monoisotopic (exact) mass is 483 g/mol. The molecule has 34 heavy (non-hydrogen) atoms. The smallest absolute Gasteiger partial charge is 0.240 e. The van der Waals surface area contributed by atoms with Crippen LogP contribution in [0.1, 0.15) is 10.8 Å². The molecule has 3 heterocycles. The normalized spacial score (nSPS) is 17.6. The van der Waals surface area contributed by atoms with Crippen molar-refractivity contribution in [2.24, 2.45) is 0 Å². The van der Waals surface area contributed by atoms with Gasteiger partial charge in [0, 0.05) is 26.2 Å². The molecule has 3 aromatic rings. The second-order valence-corrected chi connectivity index (χ2v) is 9.12. The molecule has 0 N–H and O–H groups in total. The third kappa shape index (κ3) is 4.94. The van der Waals surface area contributed by atoms with Crippen molar-refractivity contribution in [1.29, 1.82) is 0 Å². The van der Waals surface area contributed by atoms with Crippen LogP contribution in [0.3, 0.4) is 0 Å². The van der Waals surface area contributed by atoms with Gasteiger partial charge < -0.3 is 19.3 Å². The van der Waals surface area contributed by atoms with E-state index in [2.05, 4.69) is 15.1 Å². The zero-order chi connectivity index (χ0) is 23.3. The fraction of sp³-hybridized carbons (Fsp3) is 0.375. The number of halogens is 1. The Balaban J connectivity index is 1.54. The van der Waals surface area contributed by atoms with E-state index in [1.165, 1.54) is 23.9 Å². The maximum Gasteiger partial charge on any atom is 0.240 e. The molecule has 2 saturated heterocycles. The summed E-state index contributed by atoms with van der Waals surface area (Å²) in [6.45, 7) is 4.65. The topological polar surface area (TPSA) is 72.7 Å². The second kappa shape index (κ2) is 10.5. The molecule has 2 aliphatic heterocycles. The number of aromatic nitrogens is 3. The van der Waals surface area contributed by atoms with Gasteiger partial charge in [-0.15, -0.1) is 10.2 Å². The molecular formula is C24H26FN5O3S. The summed E-state index contributed by atoms with van der Waals surface area (Å²) in [7, 11) is 0. The Morgan fingerprint density at radius 3 is 2.32 bits per heavy atom. The number of hydrogen-bond acceptors (Lipinski definition) is 7. The van der Waals surface area contributed by atoms with Gasteiger partial charge in [-0.25, -0.2) is 4.39 Å². The van der Waals surface area contributed by atoms with Gasteiger partial charge in [0.15, 0.2) is 5.16 Å². The number of ether oxygens (including phenoxy) is 2. The fourth-order valence-electron chi connectivity index (χ4n) is 4.09. The lowest BCUT2D eigenvalue weighted by Gasteiger charge is -2.30. The van der Waals surface area contributed by atoms with Crippen molar-refractivity contribution in [3.63, 3.8) is 0 Å². The maximum absolute atomic E-state index is 14.2. The number of morpholine rings is 2. The standard InChI is InChI=1S/C24H26FN5O3S/c25-19-7-4-8-20(17-19)30-23(29-11-15-33-16-12-29)26-27-24(30)34-21(18-5-2-1-3-6-18)22(31)28-9-13-32-14-10-28/h1-8,17,21H,9-16H2. The summed E-state index contributed by atoms with van der Waals surface area (Å²) < 4.78 is 27.0. The molecule has 2 fully saturated rings. The first-order chi connectivity index (χ1) is 16.7. The van der Waals surface area contributed by atoms with Crippen LogP contribution in [0, 0.1) is 5.82 Å². The summed E-state index contributed by atoms with van der Waals surface area (Å²) in [4.78, 5) is 17.5. The van der Waals surface area contributed by atoms with Crippen molar-refractivity contribution in [1.82, 2.24) is 19.7 Å². The van der Waals surface area contributed by atoms with Crippen LogP contribution >= 0.6 is 11.8 Å². The van der Waals surface area contributed by atoms with E-state index < -0.39 is 5.25 Å². The number of anilines is 1. The lowest BCUT2D eigenvalue weighted by molar-refractivity contribution is -0.134. The Morgan fingerprint density at radius 1 is 0.912 bits per heavy atom. The number of amides is 1. The Kier molecular flexibility index (Phi) is 7.08. The van der Waals surface area contributed by atoms with Crippen molar-refractivity contribution in [2.45, 2.75) is 10.4 Å². The zero-order valence-electron chi connectivity index (χ0n) is 18.7. The number of nitrogens with zero attached hydrogens (tertiary/aromatic N) is 5. The third-order valence-electron chi connectivity index (χ3n) is 5.85. The average Bonchev–Trinajstić information content (AvgIpc) is 3.32. The van der Waals surface area contributed by atoms with Crippen LogP contribution in [0.25, 0.3) is 5.69 Å². The Hall–Kier alpha value is -2.95. The molecule has 10 heteroatoms. The molecule has 1 amide bonds. The van der Waals surface area contributed by atoms with Gasteiger partial charge in [0.2, 0.25) is 11.9 Å². The molecule has 2 aromatic carbocycles. The van der Waals surface area contributed by atoms with Gasteiger partial charge in [0.05, 0.1) is 32.1 Å². The second-order valence-electron chi connectivity index (χ2n) is 8.04. The molecule has 178 valence electrons. The van der Waals surface area contributed by atoms with E-state index in [0.717, 1.165) is 5.56 Å². The zero-order valence-corrected chi connectivity index (χ0v) is 19.5. The lowest BCUT2D eigenvalue weighted by atomic mass is 10.1. The van der Waals surface area contributed by atoms with Gasteiger partial charge in [-0.05, 0) is 23.8 Å². The van der Waals surface area contributed by atoms with Gasteiger partial charge in [-0.3, -0.25) is 9.36 Å². The SMILES string of the molecule is O=C(C(Sc1nnc(N2CCOCC2)n1-c1cccc(F)c1)c1ccccc1)N1CCOCC1. The van der Waals surface area contributed by atoms with Crippen LogP contribution in [0.2, 0.25) is 0 Å². The Labute approximate surface area is 201 Å². The fourth-order valence-corrected chi connectivity index (χ4v) is 5.23. The molecule has 0 bridgehead atoms. The number of rotatable bonds is 6. The van der Waals surface area contributed by atoms with E-state index in [4.69, 9.17) is 9.47 Å². The van der Waals surface area contributed by atoms with Crippen LogP contribution in [0.4, 0.5) is 10.3 Å². The molecule has 0 spiro atoms. The largest absolute Gasteiger partial charge is 0.378 e. The van der Waals surface area contributed by atoms with E-state index in [-0.39, 0.29) is 11.7 Å². The number of benzene rings is 2. The van der Waals surface area contributed by atoms with Crippen molar-refractivity contribution in [2.75, 3.05) is 57.5 Å². The summed E-state index contributed by atoms with van der Waals surface area (Å²) in [6, 6.07) is 16.0. The predicted octanol–water partition coefficient (Wildman–Crippen LogP) is 2.94. The Bertz CT molecular complexity index is 1120. The number of hydrogen-bond donors (Lipinski definition) is 0. The van der Waals surface area contributed by atoms with Crippen LogP contribution in [0.5, 0.6) is 0 Å². The highest BCUT2D eigenvalue weighted by atomic mass is 32.2. The van der Waals surface area contributed by atoms with E-state index in [1.54, 1.807) is 6.07 Å². The lowest BCUT2D eigenvalue weighted by Crippen LogP contribution is -2.42. The number of carbonyl (C=O) groups is 1. The highest BCUT2D eigenvalue weighted by Crippen LogP contribution is 2.38. The minimum Gasteiger partial charge on any atom is -0.378 e. The molecular weight excluding hydrogens is 457 g/mol. The van der Waals surface area contributed by atoms with Gasteiger partial charge in [0.1, 0.15) is 11.1 Å². The first kappa shape index (κ1) is 22.8. The Morgan fingerprint density at radius 2 is 1.62 bits per heavy atom. The average molecular weight is 484 g/mol. The van der Waals surface area contributed by atoms with Gasteiger partial charge in [-0.1, -0.05) is 48.2 Å². The third-order valence-corrected chi connectivity index (χ3v) is 7.03. The summed E-state index contributed by atoms with van der Waals surface area (Å²) in [5, 5.41) is 8.94. The molecule has 5 rings (SSSR count). The van der Waals surface area contributed by atoms with E-state index in [0.29, 0.717) is 69.4 Å². The van der Waals surface area contributed by atoms with E-state index in [9.17, 15) is 9.18 Å². The van der Waals surface area contributed by atoms with Crippen molar-refractivity contribution in [3.8, 4) is 5.69 Å². The van der Waals surface area contributed by atoms with E-state index in [1.807, 2.05) is 45.9 Å². The molecule has 1 atom stereocenters. The molecule has 1 unspecified atom stereocenters. The van der Waals surface area contributed by atoms with Crippen molar-refractivity contribution < 1.29 is 18.7 Å².